The van der Waals surface area contributed by atoms with Crippen LogP contribution in [-0.4, -0.2) is 33.0 Å². The number of nitrogens with one attached hydrogen (secondary N) is 1. The molecule has 1 atom stereocenters. The number of hydrogen-bond acceptors (Lipinski definition) is 3. The molecule has 4 heteroatoms. The minimum Gasteiger partial charge on any atom is -0.316 e. The molecule has 0 aromatic heterocycles. The molecule has 3 nitrogen and oxygen atoms in total. The highest BCUT2D eigenvalue weighted by Crippen LogP contribution is 2.30. The second-order valence-electron chi connectivity index (χ2n) is 5.47. The van der Waals surface area contributed by atoms with Crippen molar-refractivity contribution in [2.45, 2.75) is 47.5 Å². The smallest absolute Gasteiger partial charge is 0.150 e. The van der Waals surface area contributed by atoms with Crippen molar-refractivity contribution in [2.24, 2.45) is 11.3 Å². The summed E-state index contributed by atoms with van der Waals surface area (Å²) in [5.74, 6) is 1.05. The summed E-state index contributed by atoms with van der Waals surface area (Å²) in [4.78, 5) is 0. The minimum atomic E-state index is -2.84. The molecule has 0 rings (SSSR count). The number of hydrogen-bond donors (Lipinski definition) is 1. The summed E-state index contributed by atoms with van der Waals surface area (Å²) in [6.07, 6.45) is 1.86. The zero-order chi connectivity index (χ0) is 13.5. The molecule has 1 unspecified atom stereocenters. The topological polar surface area (TPSA) is 46.2 Å². The monoisotopic (exact) mass is 263 g/mol. The second kappa shape index (κ2) is 7.37. The average molecular weight is 263 g/mol. The zero-order valence-corrected chi connectivity index (χ0v) is 12.9. The van der Waals surface area contributed by atoms with Gasteiger partial charge in [0, 0.05) is 12.3 Å². The average Bonchev–Trinajstić information content (AvgIpc) is 2.27. The summed E-state index contributed by atoms with van der Waals surface area (Å²) in [6.45, 7) is 12.3. The maximum atomic E-state index is 11.6. The largest absolute Gasteiger partial charge is 0.316 e. The van der Waals surface area contributed by atoms with Crippen LogP contribution >= 0.6 is 0 Å². The van der Waals surface area contributed by atoms with E-state index in [0.717, 1.165) is 25.9 Å². The number of sulfone groups is 1. The van der Waals surface area contributed by atoms with Crippen LogP contribution in [0, 0.1) is 11.3 Å². The first kappa shape index (κ1) is 16.9. The van der Waals surface area contributed by atoms with Gasteiger partial charge in [-0.05, 0) is 30.7 Å². The fraction of sp³-hybridized carbons (Fsp3) is 1.00. The third-order valence-electron chi connectivity index (χ3n) is 3.77. The van der Waals surface area contributed by atoms with Gasteiger partial charge in [0.15, 0.2) is 0 Å². The molecular formula is C13H29NO2S. The van der Waals surface area contributed by atoms with Crippen molar-refractivity contribution in [2.75, 3.05) is 24.6 Å². The van der Waals surface area contributed by atoms with Crippen molar-refractivity contribution in [1.29, 1.82) is 0 Å². The van der Waals surface area contributed by atoms with E-state index in [1.54, 1.807) is 6.92 Å². The molecule has 0 amide bonds. The van der Waals surface area contributed by atoms with Crippen LogP contribution in [0.15, 0.2) is 0 Å². The lowest BCUT2D eigenvalue weighted by molar-refractivity contribution is 0.201. The van der Waals surface area contributed by atoms with Crippen LogP contribution in [0.5, 0.6) is 0 Å². The molecule has 17 heavy (non-hydrogen) atoms. The van der Waals surface area contributed by atoms with Crippen molar-refractivity contribution in [1.82, 2.24) is 5.32 Å². The van der Waals surface area contributed by atoms with Crippen LogP contribution in [0.2, 0.25) is 0 Å². The molecule has 0 spiro atoms. The van der Waals surface area contributed by atoms with Crippen LogP contribution in [-0.2, 0) is 9.84 Å². The fourth-order valence-corrected chi connectivity index (χ4v) is 2.73. The molecule has 0 heterocycles. The molecule has 0 aliphatic carbocycles. The van der Waals surface area contributed by atoms with E-state index in [2.05, 4.69) is 33.0 Å². The normalized spacial score (nSPS) is 16.1. The van der Waals surface area contributed by atoms with Gasteiger partial charge in [0.25, 0.3) is 0 Å². The highest BCUT2D eigenvalue weighted by atomic mass is 32.2. The van der Waals surface area contributed by atoms with Gasteiger partial charge in [-0.1, -0.05) is 34.6 Å². The van der Waals surface area contributed by atoms with Gasteiger partial charge in [0.2, 0.25) is 0 Å². The van der Waals surface area contributed by atoms with Crippen LogP contribution in [0.1, 0.15) is 47.5 Å². The molecule has 0 fully saturated rings. The van der Waals surface area contributed by atoms with Crippen LogP contribution in [0.25, 0.3) is 0 Å². The van der Waals surface area contributed by atoms with Crippen molar-refractivity contribution >= 4 is 9.84 Å². The molecule has 0 saturated carbocycles. The lowest BCUT2D eigenvalue weighted by atomic mass is 9.77. The SMILES string of the molecule is CCCNCC(C)(CCS(=O)(=O)CC)C(C)C. The van der Waals surface area contributed by atoms with Gasteiger partial charge in [-0.15, -0.1) is 0 Å². The Balaban J connectivity index is 4.41. The standard InChI is InChI=1S/C13H29NO2S/c1-6-9-14-11-13(5,12(3)4)8-10-17(15,16)7-2/h12,14H,6-11H2,1-5H3. The summed E-state index contributed by atoms with van der Waals surface area (Å²) in [5.41, 5.74) is 0.0669. The molecule has 104 valence electrons. The summed E-state index contributed by atoms with van der Waals surface area (Å²) in [5, 5.41) is 3.42. The van der Waals surface area contributed by atoms with Gasteiger partial charge >= 0.3 is 0 Å². The zero-order valence-electron chi connectivity index (χ0n) is 12.0. The number of rotatable bonds is 9. The van der Waals surface area contributed by atoms with E-state index in [1.807, 2.05) is 0 Å². The summed E-state index contributed by atoms with van der Waals surface area (Å²) in [7, 11) is -2.84. The van der Waals surface area contributed by atoms with Crippen LogP contribution < -0.4 is 5.32 Å². The summed E-state index contributed by atoms with van der Waals surface area (Å²) >= 11 is 0. The molecule has 0 aromatic rings. The first-order chi connectivity index (χ1) is 7.77. The fourth-order valence-electron chi connectivity index (χ4n) is 1.66. The molecule has 0 aliphatic heterocycles. The highest BCUT2D eigenvalue weighted by molar-refractivity contribution is 7.91. The minimum absolute atomic E-state index is 0.0669. The van der Waals surface area contributed by atoms with Crippen LogP contribution in [0.3, 0.4) is 0 Å². The molecule has 0 aliphatic rings. The summed E-state index contributed by atoms with van der Waals surface area (Å²) < 4.78 is 23.2. The lowest BCUT2D eigenvalue weighted by Gasteiger charge is -2.34. The quantitative estimate of drug-likeness (QED) is 0.650. The van der Waals surface area contributed by atoms with Crippen molar-refractivity contribution in [3.63, 3.8) is 0 Å². The molecule has 0 aromatic carbocycles. The van der Waals surface area contributed by atoms with E-state index in [9.17, 15) is 8.42 Å². The molecule has 0 radical (unpaired) electrons. The summed E-state index contributed by atoms with van der Waals surface area (Å²) in [6, 6.07) is 0. The van der Waals surface area contributed by atoms with E-state index >= 15 is 0 Å². The van der Waals surface area contributed by atoms with E-state index in [1.165, 1.54) is 0 Å². The third-order valence-corrected chi connectivity index (χ3v) is 5.48. The van der Waals surface area contributed by atoms with Gasteiger partial charge in [-0.2, -0.15) is 0 Å². The van der Waals surface area contributed by atoms with Gasteiger partial charge in [-0.3, -0.25) is 0 Å². The Hall–Kier alpha value is -0.0900. The first-order valence-corrected chi connectivity index (χ1v) is 8.50. The van der Waals surface area contributed by atoms with Gasteiger partial charge < -0.3 is 5.32 Å². The maximum Gasteiger partial charge on any atom is 0.150 e. The van der Waals surface area contributed by atoms with Crippen molar-refractivity contribution < 1.29 is 8.42 Å². The Labute approximate surface area is 107 Å². The Bertz CT molecular complexity index is 299. The van der Waals surface area contributed by atoms with E-state index in [4.69, 9.17) is 0 Å². The predicted octanol–water partition coefficient (Wildman–Crippen LogP) is 2.47. The van der Waals surface area contributed by atoms with Gasteiger partial charge in [0.1, 0.15) is 9.84 Å². The van der Waals surface area contributed by atoms with E-state index in [0.29, 0.717) is 11.7 Å². The third kappa shape index (κ3) is 6.41. The predicted molar refractivity (Wildman–Crippen MR) is 75.1 cm³/mol. The van der Waals surface area contributed by atoms with E-state index in [-0.39, 0.29) is 11.2 Å². The Morgan fingerprint density at radius 1 is 1.24 bits per heavy atom. The maximum absolute atomic E-state index is 11.6. The Kier molecular flexibility index (Phi) is 7.33. The lowest BCUT2D eigenvalue weighted by Crippen LogP contribution is -2.38. The van der Waals surface area contributed by atoms with Crippen molar-refractivity contribution in [3.8, 4) is 0 Å². The molecular weight excluding hydrogens is 234 g/mol. The van der Waals surface area contributed by atoms with E-state index < -0.39 is 9.84 Å². The van der Waals surface area contributed by atoms with Gasteiger partial charge in [0.05, 0.1) is 5.75 Å². The van der Waals surface area contributed by atoms with Gasteiger partial charge in [-0.25, -0.2) is 8.42 Å². The Morgan fingerprint density at radius 2 is 1.82 bits per heavy atom. The highest BCUT2D eigenvalue weighted by Gasteiger charge is 2.29. The van der Waals surface area contributed by atoms with Crippen LogP contribution in [0.4, 0.5) is 0 Å². The Morgan fingerprint density at radius 3 is 2.24 bits per heavy atom. The molecule has 0 saturated heterocycles. The molecule has 0 bridgehead atoms. The molecule has 1 N–H and O–H groups in total. The first-order valence-electron chi connectivity index (χ1n) is 6.68. The second-order valence-corrected chi connectivity index (χ2v) is 7.94. The van der Waals surface area contributed by atoms with Crippen molar-refractivity contribution in [3.05, 3.63) is 0 Å².